The number of aliphatic hydroxyl groups is 1. The molecule has 0 fully saturated rings. The van der Waals surface area contributed by atoms with Crippen molar-refractivity contribution in [2.24, 2.45) is 5.92 Å². The lowest BCUT2D eigenvalue weighted by Gasteiger charge is -2.10. The Morgan fingerprint density at radius 3 is 2.90 bits per heavy atom. The normalized spacial score (nSPS) is 12.1. The Balaban J connectivity index is 2.22. The first-order valence-corrected chi connectivity index (χ1v) is 7.04. The number of pyridine rings is 1. The van der Waals surface area contributed by atoms with E-state index in [4.69, 9.17) is 5.11 Å². The summed E-state index contributed by atoms with van der Waals surface area (Å²) in [4.78, 5) is 16.5. The van der Waals surface area contributed by atoms with Crippen molar-refractivity contribution in [3.8, 4) is 5.82 Å². The van der Waals surface area contributed by atoms with Crippen molar-refractivity contribution in [1.29, 1.82) is 0 Å². The summed E-state index contributed by atoms with van der Waals surface area (Å²) in [6, 6.07) is 5.57. The fourth-order valence-corrected chi connectivity index (χ4v) is 2.01. The molecule has 2 aromatic heterocycles. The Hall–Kier alpha value is -2.21. The Labute approximate surface area is 123 Å². The van der Waals surface area contributed by atoms with Crippen LogP contribution in [-0.2, 0) is 6.42 Å². The van der Waals surface area contributed by atoms with Crippen LogP contribution in [0.4, 0.5) is 0 Å². The van der Waals surface area contributed by atoms with Gasteiger partial charge in [-0.1, -0.05) is 19.9 Å². The van der Waals surface area contributed by atoms with Crippen LogP contribution >= 0.6 is 0 Å². The van der Waals surface area contributed by atoms with Gasteiger partial charge in [-0.2, -0.15) is 5.10 Å². The average molecular weight is 288 g/mol. The van der Waals surface area contributed by atoms with Crippen LogP contribution in [0.1, 0.15) is 29.9 Å². The third kappa shape index (κ3) is 3.46. The van der Waals surface area contributed by atoms with Gasteiger partial charge in [0.1, 0.15) is 0 Å². The zero-order valence-electron chi connectivity index (χ0n) is 12.3. The summed E-state index contributed by atoms with van der Waals surface area (Å²) in [6.07, 6.45) is 3.93. The number of aromatic nitrogens is 3. The Morgan fingerprint density at radius 1 is 1.48 bits per heavy atom. The minimum Gasteiger partial charge on any atom is -0.396 e. The van der Waals surface area contributed by atoms with Crippen molar-refractivity contribution >= 4 is 5.91 Å². The number of carbonyl (C=O) groups is 1. The summed E-state index contributed by atoms with van der Waals surface area (Å²) in [5.74, 6) is 0.552. The molecule has 0 aliphatic heterocycles. The first kappa shape index (κ1) is 15.2. The Bertz CT molecular complexity index is 595. The fourth-order valence-electron chi connectivity index (χ4n) is 2.01. The molecule has 21 heavy (non-hydrogen) atoms. The van der Waals surface area contributed by atoms with E-state index >= 15 is 0 Å². The van der Waals surface area contributed by atoms with E-state index in [1.54, 1.807) is 17.1 Å². The lowest BCUT2D eigenvalue weighted by molar-refractivity contribution is 0.0941. The lowest BCUT2D eigenvalue weighted by Crippen LogP contribution is -2.30. The Morgan fingerprint density at radius 2 is 2.29 bits per heavy atom. The topological polar surface area (TPSA) is 80.0 Å². The van der Waals surface area contributed by atoms with Crippen LogP contribution in [0.5, 0.6) is 0 Å². The average Bonchev–Trinajstić information content (AvgIpc) is 2.97. The Kier molecular flexibility index (Phi) is 5.05. The number of carbonyl (C=O) groups excluding carboxylic acids is 1. The zero-order valence-corrected chi connectivity index (χ0v) is 12.3. The molecule has 0 saturated heterocycles. The molecular weight excluding hydrogens is 268 g/mol. The zero-order chi connectivity index (χ0) is 15.2. The second kappa shape index (κ2) is 6.99. The van der Waals surface area contributed by atoms with E-state index in [-0.39, 0.29) is 18.4 Å². The summed E-state index contributed by atoms with van der Waals surface area (Å²) in [5.41, 5.74) is 1.37. The molecule has 2 rings (SSSR count). The van der Waals surface area contributed by atoms with Gasteiger partial charge in [0.25, 0.3) is 5.91 Å². The highest BCUT2D eigenvalue weighted by molar-refractivity contribution is 5.95. The van der Waals surface area contributed by atoms with E-state index in [1.807, 2.05) is 32.0 Å². The molecule has 2 aromatic rings. The van der Waals surface area contributed by atoms with E-state index < -0.39 is 0 Å². The van der Waals surface area contributed by atoms with Crippen molar-refractivity contribution < 1.29 is 9.90 Å². The highest BCUT2D eigenvalue weighted by atomic mass is 16.3. The molecule has 0 radical (unpaired) electrons. The number of amides is 1. The number of hydrogen-bond acceptors (Lipinski definition) is 4. The number of rotatable bonds is 6. The third-order valence-electron chi connectivity index (χ3n) is 3.24. The van der Waals surface area contributed by atoms with Gasteiger partial charge >= 0.3 is 0 Å². The summed E-state index contributed by atoms with van der Waals surface area (Å²) >= 11 is 0. The predicted molar refractivity (Wildman–Crippen MR) is 79.3 cm³/mol. The largest absolute Gasteiger partial charge is 0.396 e. The standard InChI is InChI=1S/C15H20N4O2/c1-3-13-12(15(21)17-8-11(2)10-20)9-18-19(13)14-6-4-5-7-16-14/h4-7,9,11,20H,3,8,10H2,1-2H3,(H,17,21). The molecule has 2 heterocycles. The van der Waals surface area contributed by atoms with Gasteiger partial charge in [0.15, 0.2) is 5.82 Å². The van der Waals surface area contributed by atoms with E-state index in [0.29, 0.717) is 24.3 Å². The highest BCUT2D eigenvalue weighted by Crippen LogP contribution is 2.14. The van der Waals surface area contributed by atoms with Crippen LogP contribution in [0, 0.1) is 5.92 Å². The first-order valence-electron chi connectivity index (χ1n) is 7.04. The smallest absolute Gasteiger partial charge is 0.254 e. The molecule has 0 aromatic carbocycles. The van der Waals surface area contributed by atoms with E-state index in [9.17, 15) is 4.79 Å². The maximum absolute atomic E-state index is 12.2. The maximum atomic E-state index is 12.2. The number of nitrogens with zero attached hydrogens (tertiary/aromatic N) is 3. The molecular formula is C15H20N4O2. The number of nitrogens with one attached hydrogen (secondary N) is 1. The van der Waals surface area contributed by atoms with E-state index in [0.717, 1.165) is 5.69 Å². The third-order valence-corrected chi connectivity index (χ3v) is 3.24. The lowest BCUT2D eigenvalue weighted by atomic mass is 10.1. The SMILES string of the molecule is CCc1c(C(=O)NCC(C)CO)cnn1-c1ccccn1. The van der Waals surface area contributed by atoms with Gasteiger partial charge in [-0.3, -0.25) is 4.79 Å². The van der Waals surface area contributed by atoms with Crippen LogP contribution in [0.3, 0.4) is 0 Å². The predicted octanol–water partition coefficient (Wildman–Crippen LogP) is 1.19. The number of hydrogen-bond donors (Lipinski definition) is 2. The van der Waals surface area contributed by atoms with Crippen LogP contribution in [-0.4, -0.2) is 38.9 Å². The van der Waals surface area contributed by atoms with E-state index in [1.165, 1.54) is 0 Å². The van der Waals surface area contributed by atoms with Crippen molar-refractivity contribution in [2.45, 2.75) is 20.3 Å². The van der Waals surface area contributed by atoms with Crippen molar-refractivity contribution in [3.05, 3.63) is 41.9 Å². The fraction of sp³-hybridized carbons (Fsp3) is 0.400. The second-order valence-electron chi connectivity index (χ2n) is 4.96. The molecule has 6 heteroatoms. The van der Waals surface area contributed by atoms with Gasteiger partial charge in [0.05, 0.1) is 17.5 Å². The van der Waals surface area contributed by atoms with Gasteiger partial charge in [-0.25, -0.2) is 9.67 Å². The van der Waals surface area contributed by atoms with Crippen molar-refractivity contribution in [3.63, 3.8) is 0 Å². The van der Waals surface area contributed by atoms with Crippen LogP contribution in [0.2, 0.25) is 0 Å². The molecule has 0 bridgehead atoms. The van der Waals surface area contributed by atoms with Gasteiger partial charge in [0, 0.05) is 19.3 Å². The molecule has 0 aliphatic rings. The minimum atomic E-state index is -0.172. The minimum absolute atomic E-state index is 0.0323. The molecule has 112 valence electrons. The van der Waals surface area contributed by atoms with Crippen LogP contribution in [0.15, 0.2) is 30.6 Å². The van der Waals surface area contributed by atoms with Gasteiger partial charge in [0.2, 0.25) is 0 Å². The van der Waals surface area contributed by atoms with Gasteiger partial charge in [-0.15, -0.1) is 0 Å². The van der Waals surface area contributed by atoms with Crippen LogP contribution < -0.4 is 5.32 Å². The van der Waals surface area contributed by atoms with Crippen LogP contribution in [0.25, 0.3) is 5.82 Å². The maximum Gasteiger partial charge on any atom is 0.254 e. The van der Waals surface area contributed by atoms with E-state index in [2.05, 4.69) is 15.4 Å². The molecule has 1 amide bonds. The van der Waals surface area contributed by atoms with Gasteiger partial charge < -0.3 is 10.4 Å². The molecule has 1 atom stereocenters. The number of aliphatic hydroxyl groups excluding tert-OH is 1. The second-order valence-corrected chi connectivity index (χ2v) is 4.96. The molecule has 0 spiro atoms. The first-order chi connectivity index (χ1) is 10.2. The highest BCUT2D eigenvalue weighted by Gasteiger charge is 2.17. The molecule has 2 N–H and O–H groups in total. The molecule has 0 saturated carbocycles. The van der Waals surface area contributed by atoms with Crippen molar-refractivity contribution in [2.75, 3.05) is 13.2 Å². The molecule has 0 aliphatic carbocycles. The summed E-state index contributed by atoms with van der Waals surface area (Å²) in [6.45, 7) is 4.34. The molecule has 6 nitrogen and oxygen atoms in total. The van der Waals surface area contributed by atoms with Gasteiger partial charge in [-0.05, 0) is 24.5 Å². The quantitative estimate of drug-likeness (QED) is 0.836. The summed E-state index contributed by atoms with van der Waals surface area (Å²) < 4.78 is 1.68. The monoisotopic (exact) mass is 288 g/mol. The summed E-state index contributed by atoms with van der Waals surface area (Å²) in [7, 11) is 0. The summed E-state index contributed by atoms with van der Waals surface area (Å²) in [5, 5.41) is 16.1. The van der Waals surface area contributed by atoms with Crippen molar-refractivity contribution in [1.82, 2.24) is 20.1 Å². The molecule has 1 unspecified atom stereocenters.